The Morgan fingerprint density at radius 1 is 0.944 bits per heavy atom. The van der Waals surface area contributed by atoms with Gasteiger partial charge in [0.05, 0.1) is 5.56 Å². The summed E-state index contributed by atoms with van der Waals surface area (Å²) in [5.74, 6) is -0.879. The van der Waals surface area contributed by atoms with Gasteiger partial charge in [-0.2, -0.15) is 0 Å². The summed E-state index contributed by atoms with van der Waals surface area (Å²) >= 11 is 1.18. The summed E-state index contributed by atoms with van der Waals surface area (Å²) in [6.07, 6.45) is 0. The molecule has 3 heteroatoms. The SMILES string of the molecule is Cc1cccc(C)[c]1[Na].O=C(O)c1ccccc1. The molecule has 0 amide bonds. The Morgan fingerprint density at radius 2 is 1.44 bits per heavy atom. The zero-order valence-corrected chi connectivity index (χ0v) is 13.0. The maximum Gasteiger partial charge on any atom is 0.335 e. The van der Waals surface area contributed by atoms with E-state index in [0.29, 0.717) is 5.56 Å². The number of carbonyl (C=O) groups is 1. The molecular formula is C15H15NaO2. The molecule has 0 unspecified atom stereocenters. The van der Waals surface area contributed by atoms with E-state index in [-0.39, 0.29) is 0 Å². The standard InChI is InChI=1S/C8H9.C7H6O2.Na/c1-7-4-3-5-8(2)6-7;8-7(9)6-4-2-1-3-5-6;/h3-5H,1-2H3;1-5H,(H,8,9);. The molecule has 0 saturated heterocycles. The summed E-state index contributed by atoms with van der Waals surface area (Å²) in [6.45, 7) is 4.35. The van der Waals surface area contributed by atoms with Gasteiger partial charge in [0.25, 0.3) is 0 Å². The van der Waals surface area contributed by atoms with Gasteiger partial charge in [-0.3, -0.25) is 0 Å². The van der Waals surface area contributed by atoms with Gasteiger partial charge < -0.3 is 5.11 Å². The van der Waals surface area contributed by atoms with Crippen LogP contribution in [0.15, 0.2) is 48.5 Å². The second-order valence-corrected chi connectivity index (χ2v) is 5.19. The first-order valence-electron chi connectivity index (χ1n) is 5.83. The van der Waals surface area contributed by atoms with Crippen LogP contribution in [0.2, 0.25) is 0 Å². The molecule has 2 aromatic carbocycles. The van der Waals surface area contributed by atoms with Crippen LogP contribution in [0.3, 0.4) is 0 Å². The molecule has 0 aliphatic carbocycles. The van der Waals surface area contributed by atoms with Crippen molar-refractivity contribution in [2.75, 3.05) is 0 Å². The van der Waals surface area contributed by atoms with Crippen LogP contribution in [0.1, 0.15) is 21.5 Å². The van der Waals surface area contributed by atoms with Crippen LogP contribution < -0.4 is 2.81 Å². The van der Waals surface area contributed by atoms with Crippen LogP contribution in [0, 0.1) is 13.8 Å². The zero-order chi connectivity index (χ0) is 13.5. The number of aromatic carboxylic acids is 1. The van der Waals surface area contributed by atoms with E-state index < -0.39 is 5.97 Å². The minimum atomic E-state index is -0.879. The van der Waals surface area contributed by atoms with Gasteiger partial charge in [-0.1, -0.05) is 18.2 Å². The Morgan fingerprint density at radius 3 is 1.78 bits per heavy atom. The van der Waals surface area contributed by atoms with E-state index in [0.717, 1.165) is 0 Å². The Balaban J connectivity index is 0.000000180. The van der Waals surface area contributed by atoms with E-state index in [1.807, 2.05) is 0 Å². The molecule has 0 aliphatic heterocycles. The predicted octanol–water partition coefficient (Wildman–Crippen LogP) is 2.48. The van der Waals surface area contributed by atoms with E-state index in [1.165, 1.54) is 39.1 Å². The molecule has 1 N–H and O–H groups in total. The van der Waals surface area contributed by atoms with Gasteiger partial charge in [-0.15, -0.1) is 0 Å². The van der Waals surface area contributed by atoms with Gasteiger partial charge in [0.15, 0.2) is 0 Å². The average molecular weight is 250 g/mol. The van der Waals surface area contributed by atoms with E-state index in [9.17, 15) is 4.79 Å². The molecule has 0 aromatic heterocycles. The van der Waals surface area contributed by atoms with Gasteiger partial charge in [0.2, 0.25) is 0 Å². The molecule has 88 valence electrons. The van der Waals surface area contributed by atoms with Gasteiger partial charge >= 0.3 is 79.9 Å². The first-order chi connectivity index (χ1) is 8.52. The molecule has 0 saturated carbocycles. The van der Waals surface area contributed by atoms with Crippen molar-refractivity contribution in [2.45, 2.75) is 13.8 Å². The molecule has 0 atom stereocenters. The predicted molar refractivity (Wildman–Crippen MR) is 74.7 cm³/mol. The van der Waals surface area contributed by atoms with Crippen LogP contribution in [0.5, 0.6) is 0 Å². The Hall–Kier alpha value is -1.09. The minimum absolute atomic E-state index is 0.331. The number of carboxylic acid groups (broad SMARTS) is 1. The molecular weight excluding hydrogens is 235 g/mol. The van der Waals surface area contributed by atoms with Crippen molar-refractivity contribution < 1.29 is 9.90 Å². The van der Waals surface area contributed by atoms with Crippen molar-refractivity contribution in [1.29, 1.82) is 0 Å². The fourth-order valence-electron chi connectivity index (χ4n) is 1.48. The van der Waals surface area contributed by atoms with E-state index in [2.05, 4.69) is 32.0 Å². The summed E-state index contributed by atoms with van der Waals surface area (Å²) in [6, 6.07) is 14.8. The largest absolute Gasteiger partial charge is 0.478 e. The Bertz CT molecular complexity index is 501. The van der Waals surface area contributed by atoms with Crippen molar-refractivity contribution in [1.82, 2.24) is 0 Å². The maximum atomic E-state index is 10.2. The molecule has 18 heavy (non-hydrogen) atoms. The number of carboxylic acids is 1. The van der Waals surface area contributed by atoms with Gasteiger partial charge in [0, 0.05) is 0 Å². The van der Waals surface area contributed by atoms with Gasteiger partial charge in [-0.05, 0) is 12.1 Å². The van der Waals surface area contributed by atoms with Crippen LogP contribution >= 0.6 is 0 Å². The molecule has 0 bridgehead atoms. The van der Waals surface area contributed by atoms with Crippen molar-refractivity contribution in [3.8, 4) is 0 Å². The molecule has 2 nitrogen and oxygen atoms in total. The van der Waals surface area contributed by atoms with Crippen molar-refractivity contribution in [2.24, 2.45) is 0 Å². The fraction of sp³-hybridized carbons (Fsp3) is 0.133. The van der Waals surface area contributed by atoms with Crippen LogP contribution in [-0.2, 0) is 0 Å². The third-order valence-electron chi connectivity index (χ3n) is 2.90. The molecule has 2 rings (SSSR count). The summed E-state index contributed by atoms with van der Waals surface area (Å²) in [5, 5.41) is 8.38. The van der Waals surface area contributed by atoms with E-state index >= 15 is 0 Å². The first kappa shape index (κ1) is 15.0. The molecule has 0 aliphatic rings. The van der Waals surface area contributed by atoms with Crippen LogP contribution in [0.4, 0.5) is 0 Å². The smallest absolute Gasteiger partial charge is 0.335 e. The summed E-state index contributed by atoms with van der Waals surface area (Å²) < 4.78 is 1.55. The zero-order valence-electron chi connectivity index (χ0n) is 11.0. The van der Waals surface area contributed by atoms with Gasteiger partial charge in [-0.25, -0.2) is 4.79 Å². The normalized spacial score (nSPS) is 9.33. The molecule has 2 aromatic rings. The molecule has 0 radical (unpaired) electrons. The number of hydrogen-bond donors (Lipinski definition) is 1. The Labute approximate surface area is 125 Å². The van der Waals surface area contributed by atoms with Crippen molar-refractivity contribution in [3.63, 3.8) is 0 Å². The Kier molecular flexibility index (Phi) is 6.13. The summed E-state index contributed by atoms with van der Waals surface area (Å²) in [5.41, 5.74) is 3.22. The fourth-order valence-corrected chi connectivity index (χ4v) is 1.81. The number of hydrogen-bond acceptors (Lipinski definition) is 1. The van der Waals surface area contributed by atoms with Gasteiger partial charge in [0.1, 0.15) is 0 Å². The number of aryl methyl sites for hydroxylation is 2. The molecule has 0 heterocycles. The summed E-state index contributed by atoms with van der Waals surface area (Å²) in [7, 11) is 0. The first-order valence-corrected chi connectivity index (χ1v) is 6.83. The quantitative estimate of drug-likeness (QED) is 0.789. The third kappa shape index (κ3) is 4.65. The monoisotopic (exact) mass is 250 g/mol. The molecule has 0 spiro atoms. The van der Waals surface area contributed by atoms with Crippen molar-refractivity contribution in [3.05, 3.63) is 65.2 Å². The van der Waals surface area contributed by atoms with Crippen LogP contribution in [-0.4, -0.2) is 39.0 Å². The van der Waals surface area contributed by atoms with E-state index in [1.54, 1.807) is 33.1 Å². The number of rotatable bonds is 1. The second-order valence-electron chi connectivity index (χ2n) is 4.19. The molecule has 0 fully saturated rings. The maximum absolute atomic E-state index is 10.2. The van der Waals surface area contributed by atoms with Crippen molar-refractivity contribution >= 4 is 36.7 Å². The number of benzene rings is 2. The second kappa shape index (κ2) is 7.37. The summed E-state index contributed by atoms with van der Waals surface area (Å²) in [4.78, 5) is 10.2. The van der Waals surface area contributed by atoms with E-state index in [4.69, 9.17) is 5.11 Å². The van der Waals surface area contributed by atoms with Crippen LogP contribution in [0.25, 0.3) is 0 Å². The average Bonchev–Trinajstić information content (AvgIpc) is 2.38. The topological polar surface area (TPSA) is 37.3 Å². The third-order valence-corrected chi connectivity index (χ3v) is 4.47. The minimum Gasteiger partial charge on any atom is -0.478 e.